The summed E-state index contributed by atoms with van der Waals surface area (Å²) in [5.41, 5.74) is 9.16. The van der Waals surface area contributed by atoms with E-state index in [1.54, 1.807) is 26.6 Å². The summed E-state index contributed by atoms with van der Waals surface area (Å²) in [6.07, 6.45) is -12.0. The zero-order valence-corrected chi connectivity index (χ0v) is 38.2. The molecule has 0 aliphatic heterocycles. The normalized spacial score (nSPS) is 14.4. The third kappa shape index (κ3) is 24.8. The Morgan fingerprint density at radius 2 is 0.500 bits per heavy atom. The standard InChI is InChI=1S/C38H51N9O27/c1-2-40-13(4-22(50)51)31(67)33(69)15(6-24(54)55)42-34(70)16(7-25(56)57)43-36(72)18(9-27(60)61)45-38(74)20(11-29(64)65)47-46-19(10-28(62)63)37(73)44-17(8-26(58)59)35(71)41-14(5-23(52)53)32(68)30(66)12(39)3-21(48)49/h12-20,40,46-47H,2-11,39H2,1H3,(H,41,71)(H,42,70)(H,43,72)(H,44,73)(H,45,74)(H,48,49)(H,50,51)(H,52,53)(H,54,55)(H,56,57)(H,58,59)(H,60,61)(H,62,63)(H,64,65)/t12-,13-,14-,15-,16-,17-,18-,19-,20-/m0/s1. The molecule has 0 aliphatic rings. The Labute approximate surface area is 412 Å². The minimum absolute atomic E-state index is 0.0882. The Morgan fingerprint density at radius 3 is 0.770 bits per heavy atom. The number of Topliss-reactive ketones (excluding diaryl/α,β-unsaturated/α-hetero) is 4. The molecule has 0 bridgehead atoms. The molecule has 0 saturated carbocycles. The lowest BCUT2D eigenvalue weighted by atomic mass is 9.97. The number of carbonyl (C=O) groups is 18. The zero-order valence-electron chi connectivity index (χ0n) is 38.2. The van der Waals surface area contributed by atoms with E-state index in [0.29, 0.717) is 0 Å². The Balaban J connectivity index is 6.73. The van der Waals surface area contributed by atoms with Crippen LogP contribution >= 0.6 is 0 Å². The van der Waals surface area contributed by atoms with E-state index in [-0.39, 0.29) is 6.54 Å². The minimum Gasteiger partial charge on any atom is -0.481 e. The SMILES string of the molecule is CCN[C@@H](CC(=O)O)C(=O)C(=O)[C@H](CC(=O)O)NC(=O)[C@H](CC(=O)O)NC(=O)[C@H](CC(=O)O)NC(=O)[C@H](CC(=O)O)NN[C@@H](CC(=O)O)C(=O)N[C@@H](CC(=O)O)C(=O)N[C@@H](CC(=O)O)C(=O)C(=O)[C@@H](N)CC(=O)O. The molecule has 0 spiro atoms. The van der Waals surface area contributed by atoms with Crippen LogP contribution in [0.1, 0.15) is 64.7 Å². The molecule has 0 aromatic heterocycles. The van der Waals surface area contributed by atoms with Crippen LogP contribution in [-0.2, 0) is 86.3 Å². The number of nitrogens with two attached hydrogens (primary N) is 1. The molecule has 5 amide bonds. The number of hydrogen-bond acceptors (Lipinski definition) is 22. The van der Waals surface area contributed by atoms with Crippen molar-refractivity contribution in [2.24, 2.45) is 5.73 Å². The molecule has 36 nitrogen and oxygen atoms in total. The maximum absolute atomic E-state index is 13.4. The number of amides is 5. The summed E-state index contributed by atoms with van der Waals surface area (Å²) in [6.45, 7) is 1.31. The molecule has 0 fully saturated rings. The molecule has 0 radical (unpaired) electrons. The van der Waals surface area contributed by atoms with Crippen molar-refractivity contribution in [3.8, 4) is 0 Å². The first-order valence-electron chi connectivity index (χ1n) is 20.8. The van der Waals surface area contributed by atoms with Crippen LogP contribution in [0.15, 0.2) is 0 Å². The van der Waals surface area contributed by atoms with E-state index in [2.05, 4.69) is 5.32 Å². The lowest BCUT2D eigenvalue weighted by Crippen LogP contribution is -2.62. The highest BCUT2D eigenvalue weighted by Crippen LogP contribution is 2.08. The smallest absolute Gasteiger partial charge is 0.305 e. The number of nitrogens with one attached hydrogen (secondary N) is 8. The molecule has 0 aromatic rings. The molecule has 410 valence electrons. The second kappa shape index (κ2) is 31.4. The summed E-state index contributed by atoms with van der Waals surface area (Å²) in [4.78, 5) is 222. The third-order valence-electron chi connectivity index (χ3n) is 9.24. The molecule has 0 aliphatic carbocycles. The highest BCUT2D eigenvalue weighted by Gasteiger charge is 2.39. The predicted molar refractivity (Wildman–Crippen MR) is 229 cm³/mol. The fourth-order valence-electron chi connectivity index (χ4n) is 5.91. The van der Waals surface area contributed by atoms with Gasteiger partial charge in [0.15, 0.2) is 0 Å². The van der Waals surface area contributed by atoms with Gasteiger partial charge in [-0.2, -0.15) is 0 Å². The summed E-state index contributed by atoms with van der Waals surface area (Å²) in [6, 6.07) is -20.3. The van der Waals surface area contributed by atoms with Crippen LogP contribution in [0.3, 0.4) is 0 Å². The first-order valence-corrected chi connectivity index (χ1v) is 20.8. The summed E-state index contributed by atoms with van der Waals surface area (Å²) in [5.74, 6) is -31.7. The van der Waals surface area contributed by atoms with Gasteiger partial charge in [-0.1, -0.05) is 6.92 Å². The number of hydrogen-bond donors (Lipinski definition) is 18. The van der Waals surface area contributed by atoms with Crippen molar-refractivity contribution in [1.29, 1.82) is 0 Å². The number of rotatable bonds is 39. The fraction of sp³-hybridized carbons (Fsp3) is 0.526. The average Bonchev–Trinajstić information content (AvgIpc) is 3.25. The van der Waals surface area contributed by atoms with Gasteiger partial charge in [0.25, 0.3) is 0 Å². The van der Waals surface area contributed by atoms with Gasteiger partial charge in [0.05, 0.1) is 69.9 Å². The summed E-state index contributed by atoms with van der Waals surface area (Å²) < 4.78 is 0. The molecule has 36 heteroatoms. The van der Waals surface area contributed by atoms with Crippen molar-refractivity contribution in [3.63, 3.8) is 0 Å². The van der Waals surface area contributed by atoms with Crippen molar-refractivity contribution in [2.75, 3.05) is 6.54 Å². The lowest BCUT2D eigenvalue weighted by molar-refractivity contribution is -0.146. The lowest BCUT2D eigenvalue weighted by Gasteiger charge is -2.26. The molecular formula is C38H51N9O27. The van der Waals surface area contributed by atoms with Gasteiger partial charge in [0.2, 0.25) is 52.7 Å². The van der Waals surface area contributed by atoms with Crippen molar-refractivity contribution < 1.29 is 132 Å². The number of ketones is 4. The van der Waals surface area contributed by atoms with E-state index in [9.17, 15) is 122 Å². The van der Waals surface area contributed by atoms with Gasteiger partial charge < -0.3 is 83.6 Å². The van der Waals surface area contributed by atoms with E-state index < -0.39 is 219 Å². The molecule has 19 N–H and O–H groups in total. The van der Waals surface area contributed by atoms with E-state index in [0.717, 1.165) is 0 Å². The molecule has 0 aromatic carbocycles. The van der Waals surface area contributed by atoms with Gasteiger partial charge in [-0.15, -0.1) is 0 Å². The van der Waals surface area contributed by atoms with Gasteiger partial charge in [-0.05, 0) is 6.54 Å². The van der Waals surface area contributed by atoms with Crippen LogP contribution in [0.2, 0.25) is 0 Å². The van der Waals surface area contributed by atoms with Crippen LogP contribution in [0.25, 0.3) is 0 Å². The first-order chi connectivity index (χ1) is 34.2. The van der Waals surface area contributed by atoms with Gasteiger partial charge in [0.1, 0.15) is 42.3 Å². The summed E-state index contributed by atoms with van der Waals surface area (Å²) in [5, 5.41) is 94.9. The second-order valence-electron chi connectivity index (χ2n) is 15.3. The number of carboxylic acid groups (broad SMARTS) is 9. The molecule has 9 atom stereocenters. The van der Waals surface area contributed by atoms with Crippen molar-refractivity contribution in [1.82, 2.24) is 42.8 Å². The van der Waals surface area contributed by atoms with E-state index in [1.165, 1.54) is 6.92 Å². The second-order valence-corrected chi connectivity index (χ2v) is 15.3. The number of aliphatic carboxylic acids is 9. The molecule has 0 unspecified atom stereocenters. The number of likely N-dealkylation sites (N-methyl/N-ethyl adjacent to an activating group) is 1. The predicted octanol–water partition coefficient (Wildman–Crippen LogP) is -8.90. The Bertz CT molecular complexity index is 2250. The number of carbonyl (C=O) groups excluding carboxylic acids is 9. The monoisotopic (exact) mass is 1070 g/mol. The fourth-order valence-corrected chi connectivity index (χ4v) is 5.91. The largest absolute Gasteiger partial charge is 0.481 e. The maximum Gasteiger partial charge on any atom is 0.305 e. The van der Waals surface area contributed by atoms with Gasteiger partial charge in [0, 0.05) is 0 Å². The van der Waals surface area contributed by atoms with Crippen LogP contribution in [0, 0.1) is 0 Å². The van der Waals surface area contributed by atoms with Crippen molar-refractivity contribution >= 4 is 106 Å². The first kappa shape index (κ1) is 65.1. The van der Waals surface area contributed by atoms with Gasteiger partial charge in [-0.3, -0.25) is 86.3 Å². The van der Waals surface area contributed by atoms with Crippen molar-refractivity contribution in [3.05, 3.63) is 0 Å². The molecule has 0 heterocycles. The summed E-state index contributed by atoms with van der Waals surface area (Å²) >= 11 is 0. The number of hydrazine groups is 1. The van der Waals surface area contributed by atoms with Crippen LogP contribution in [0.5, 0.6) is 0 Å². The minimum atomic E-state index is -2.43. The molecular weight excluding hydrogens is 1010 g/mol. The van der Waals surface area contributed by atoms with E-state index in [1.807, 2.05) is 10.9 Å². The zero-order chi connectivity index (χ0) is 57.3. The van der Waals surface area contributed by atoms with Crippen molar-refractivity contribution in [2.45, 2.75) is 119 Å². The maximum atomic E-state index is 13.4. The Morgan fingerprint density at radius 1 is 0.297 bits per heavy atom. The molecule has 74 heavy (non-hydrogen) atoms. The van der Waals surface area contributed by atoms with Crippen LogP contribution < -0.4 is 48.5 Å². The van der Waals surface area contributed by atoms with E-state index in [4.69, 9.17) is 15.9 Å². The molecule has 0 saturated heterocycles. The third-order valence-corrected chi connectivity index (χ3v) is 9.24. The van der Waals surface area contributed by atoms with Gasteiger partial charge in [-0.25, -0.2) is 10.9 Å². The average molecular weight is 1070 g/mol. The quantitative estimate of drug-likeness (QED) is 0.0201. The summed E-state index contributed by atoms with van der Waals surface area (Å²) in [7, 11) is 0. The highest BCUT2D eigenvalue weighted by atomic mass is 16.4. The Kier molecular flexibility index (Phi) is 27.7. The van der Waals surface area contributed by atoms with Crippen LogP contribution in [0.4, 0.5) is 0 Å². The molecule has 0 rings (SSSR count). The van der Waals surface area contributed by atoms with Crippen LogP contribution in [-0.4, -0.2) is 213 Å². The van der Waals surface area contributed by atoms with Gasteiger partial charge >= 0.3 is 53.7 Å². The number of carboxylic acids is 9. The Hall–Kier alpha value is -8.90. The topological polar surface area (TPSA) is 612 Å². The highest BCUT2D eigenvalue weighted by molar-refractivity contribution is 6.42. The van der Waals surface area contributed by atoms with E-state index >= 15 is 0 Å².